The van der Waals surface area contributed by atoms with Gasteiger partial charge in [0.25, 0.3) is 0 Å². The number of aliphatic hydroxyl groups excluding tert-OH is 1. The highest BCUT2D eigenvalue weighted by molar-refractivity contribution is 7.46. The van der Waals surface area contributed by atoms with Crippen molar-refractivity contribution in [1.29, 1.82) is 0 Å². The Kier molecular flexibility index (Phi) is 36.5. The van der Waals surface area contributed by atoms with Crippen molar-refractivity contribution in [2.75, 3.05) is 6.61 Å². The van der Waals surface area contributed by atoms with E-state index < -0.39 is 26.6 Å². The van der Waals surface area contributed by atoms with Crippen LogP contribution < -0.4 is 5.32 Å². The lowest BCUT2D eigenvalue weighted by Crippen LogP contribution is -2.45. The lowest BCUT2D eigenvalue weighted by atomic mass is 10.0. The smallest absolute Gasteiger partial charge is 0.387 e. The number of aliphatic hydroxyl groups is 1. The van der Waals surface area contributed by atoms with Crippen molar-refractivity contribution in [1.82, 2.24) is 5.32 Å². The lowest BCUT2D eigenvalue weighted by Gasteiger charge is -2.22. The van der Waals surface area contributed by atoms with Crippen LogP contribution in [0.5, 0.6) is 0 Å². The molecule has 0 saturated heterocycles. The molecule has 0 unspecified atom stereocenters. The first-order chi connectivity index (χ1) is 23.8. The Balaban J connectivity index is 3.89. The largest absolute Gasteiger partial charge is 0.469 e. The molecule has 0 aliphatic rings. The highest BCUT2D eigenvalue weighted by Crippen LogP contribution is 2.35. The standard InChI is InChI=1S/C41H82NO6P/c1-3-5-7-9-11-13-15-17-18-19-20-21-22-23-25-27-29-31-33-35-37-41(44)42-39(38-48-49(45,46)47)40(43)36-34-32-30-28-26-24-16-14-12-10-8-6-4-2/h34,36,39-40,43H,3-33,35,37-38H2,1-2H3,(H,42,44)(H2,45,46,47)/b36-34+/t39-,40+/m0/s1. The second-order valence-corrected chi connectivity index (χ2v) is 15.9. The molecule has 0 bridgehead atoms. The fraction of sp³-hybridized carbons (Fsp3) is 0.927. The number of hydrogen-bond acceptors (Lipinski definition) is 4. The molecule has 0 aromatic carbocycles. The van der Waals surface area contributed by atoms with Crippen molar-refractivity contribution in [2.24, 2.45) is 0 Å². The van der Waals surface area contributed by atoms with Crippen molar-refractivity contribution in [3.05, 3.63) is 12.2 Å². The lowest BCUT2D eigenvalue weighted by molar-refractivity contribution is -0.123. The summed E-state index contributed by atoms with van der Waals surface area (Å²) in [6.07, 6.45) is 43.8. The minimum atomic E-state index is -4.71. The van der Waals surface area contributed by atoms with Gasteiger partial charge in [-0.05, 0) is 19.3 Å². The Morgan fingerprint density at radius 1 is 0.571 bits per heavy atom. The average molecular weight is 716 g/mol. The van der Waals surface area contributed by atoms with E-state index in [2.05, 4.69) is 23.7 Å². The van der Waals surface area contributed by atoms with Gasteiger partial charge in [-0.3, -0.25) is 9.32 Å². The third kappa shape index (κ3) is 38.3. The minimum Gasteiger partial charge on any atom is -0.387 e. The van der Waals surface area contributed by atoms with Crippen LogP contribution in [0.2, 0.25) is 0 Å². The van der Waals surface area contributed by atoms with Crippen LogP contribution in [0.25, 0.3) is 0 Å². The predicted octanol–water partition coefficient (Wildman–Crippen LogP) is 12.4. The van der Waals surface area contributed by atoms with Gasteiger partial charge in [-0.2, -0.15) is 0 Å². The van der Waals surface area contributed by atoms with Crippen molar-refractivity contribution in [2.45, 2.75) is 238 Å². The normalized spacial score (nSPS) is 13.3. The highest BCUT2D eigenvalue weighted by Gasteiger charge is 2.24. The molecule has 8 heteroatoms. The van der Waals surface area contributed by atoms with Crippen LogP contribution >= 0.6 is 7.82 Å². The fourth-order valence-corrected chi connectivity index (χ4v) is 6.87. The SMILES string of the molecule is CCCCCCCCCCCCC/C=C/[C@@H](O)[C@H](COP(=O)(O)O)NC(=O)CCCCCCCCCCCCCCCCCCCCCC. The van der Waals surface area contributed by atoms with Gasteiger partial charge in [0.05, 0.1) is 18.8 Å². The fourth-order valence-electron chi connectivity index (χ4n) is 6.52. The summed E-state index contributed by atoms with van der Waals surface area (Å²) in [5.74, 6) is -0.223. The van der Waals surface area contributed by atoms with Crippen LogP contribution in [0.15, 0.2) is 12.2 Å². The van der Waals surface area contributed by atoms with Gasteiger partial charge >= 0.3 is 7.82 Å². The molecule has 0 fully saturated rings. The van der Waals surface area contributed by atoms with Gasteiger partial charge in [0.2, 0.25) is 5.91 Å². The maximum absolute atomic E-state index is 12.6. The van der Waals surface area contributed by atoms with Gasteiger partial charge < -0.3 is 20.2 Å². The van der Waals surface area contributed by atoms with Gasteiger partial charge in [-0.15, -0.1) is 0 Å². The number of phosphoric acid groups is 1. The molecule has 0 aromatic heterocycles. The summed E-state index contributed by atoms with van der Waals surface area (Å²) in [7, 11) is -4.71. The van der Waals surface area contributed by atoms with Gasteiger partial charge in [0.1, 0.15) is 0 Å². The molecule has 0 aliphatic carbocycles. The highest BCUT2D eigenvalue weighted by atomic mass is 31.2. The molecule has 2 atom stereocenters. The van der Waals surface area contributed by atoms with E-state index in [0.717, 1.165) is 38.5 Å². The van der Waals surface area contributed by atoms with Crippen LogP contribution in [0.4, 0.5) is 0 Å². The van der Waals surface area contributed by atoms with E-state index in [1.54, 1.807) is 6.08 Å². The van der Waals surface area contributed by atoms with Crippen molar-refractivity contribution < 1.29 is 28.8 Å². The second kappa shape index (κ2) is 37.1. The number of hydrogen-bond donors (Lipinski definition) is 4. The van der Waals surface area contributed by atoms with E-state index in [1.165, 1.54) is 167 Å². The molecule has 1 amide bonds. The second-order valence-electron chi connectivity index (χ2n) is 14.7. The zero-order valence-corrected chi connectivity index (χ0v) is 33.3. The summed E-state index contributed by atoms with van der Waals surface area (Å²) in [6, 6.07) is -0.904. The summed E-state index contributed by atoms with van der Waals surface area (Å²) in [5.41, 5.74) is 0. The number of nitrogens with one attached hydrogen (secondary N) is 1. The summed E-state index contributed by atoms with van der Waals surface area (Å²) in [5, 5.41) is 13.4. The zero-order chi connectivity index (χ0) is 36.1. The predicted molar refractivity (Wildman–Crippen MR) is 209 cm³/mol. The minimum absolute atomic E-state index is 0.223. The molecule has 4 N–H and O–H groups in total. The van der Waals surface area contributed by atoms with Gasteiger partial charge in [0, 0.05) is 6.42 Å². The van der Waals surface area contributed by atoms with Crippen molar-refractivity contribution in [3.8, 4) is 0 Å². The number of rotatable bonds is 39. The summed E-state index contributed by atoms with van der Waals surface area (Å²) in [4.78, 5) is 30.9. The molecule has 0 heterocycles. The van der Waals surface area contributed by atoms with Crippen LogP contribution in [-0.4, -0.2) is 39.6 Å². The molecule has 0 rings (SSSR count). The monoisotopic (exact) mass is 716 g/mol. The summed E-state index contributed by atoms with van der Waals surface area (Å²) in [6.45, 7) is 4.08. The van der Waals surface area contributed by atoms with E-state index in [4.69, 9.17) is 9.79 Å². The average Bonchev–Trinajstić information content (AvgIpc) is 3.07. The van der Waals surface area contributed by atoms with Crippen molar-refractivity contribution >= 4 is 13.7 Å². The Morgan fingerprint density at radius 2 is 0.898 bits per heavy atom. The molecular weight excluding hydrogens is 633 g/mol. The molecule has 49 heavy (non-hydrogen) atoms. The van der Waals surface area contributed by atoms with E-state index in [0.29, 0.717) is 6.42 Å². The first-order valence-corrected chi connectivity index (χ1v) is 22.7. The molecular formula is C41H82NO6P. The number of carbonyl (C=O) groups excluding carboxylic acids is 1. The van der Waals surface area contributed by atoms with Crippen LogP contribution in [0, 0.1) is 0 Å². The van der Waals surface area contributed by atoms with Crippen LogP contribution in [0.1, 0.15) is 226 Å². The number of phosphoric ester groups is 1. The zero-order valence-electron chi connectivity index (χ0n) is 32.4. The molecule has 0 aromatic rings. The van der Waals surface area contributed by atoms with Gasteiger partial charge in [-0.25, -0.2) is 4.57 Å². The molecule has 0 radical (unpaired) electrons. The van der Waals surface area contributed by atoms with E-state index in [1.807, 2.05) is 6.08 Å². The Labute approximate surface area is 303 Å². The first-order valence-electron chi connectivity index (χ1n) is 21.1. The maximum atomic E-state index is 12.6. The summed E-state index contributed by atoms with van der Waals surface area (Å²) < 4.78 is 15.9. The Morgan fingerprint density at radius 3 is 1.24 bits per heavy atom. The first kappa shape index (κ1) is 48.3. The van der Waals surface area contributed by atoms with Gasteiger partial charge in [-0.1, -0.05) is 212 Å². The topological polar surface area (TPSA) is 116 Å². The third-order valence-corrected chi connectivity index (χ3v) is 10.2. The van der Waals surface area contributed by atoms with Crippen LogP contribution in [0.3, 0.4) is 0 Å². The Bertz CT molecular complexity index is 773. The number of allylic oxidation sites excluding steroid dienone is 1. The molecule has 7 nitrogen and oxygen atoms in total. The molecule has 0 aliphatic heterocycles. The van der Waals surface area contributed by atoms with E-state index in [-0.39, 0.29) is 5.91 Å². The third-order valence-electron chi connectivity index (χ3n) is 9.75. The van der Waals surface area contributed by atoms with E-state index in [9.17, 15) is 14.5 Å². The summed E-state index contributed by atoms with van der Waals surface area (Å²) >= 11 is 0. The number of carbonyl (C=O) groups is 1. The molecule has 292 valence electrons. The maximum Gasteiger partial charge on any atom is 0.469 e. The quantitative estimate of drug-likeness (QED) is 0.0286. The molecule has 0 spiro atoms. The van der Waals surface area contributed by atoms with Gasteiger partial charge in [0.15, 0.2) is 0 Å². The Hall–Kier alpha value is -0.720. The van der Waals surface area contributed by atoms with Crippen LogP contribution in [-0.2, 0) is 13.9 Å². The van der Waals surface area contributed by atoms with Crippen molar-refractivity contribution in [3.63, 3.8) is 0 Å². The number of amides is 1. The number of unbranched alkanes of at least 4 members (excludes halogenated alkanes) is 30. The van der Waals surface area contributed by atoms with E-state index >= 15 is 0 Å². The molecule has 0 saturated carbocycles.